The number of aromatic amines is 1. The number of alkyl halides is 1. The number of nitrogens with zero attached hydrogens (tertiary/aromatic N) is 1. The van der Waals surface area contributed by atoms with Gasteiger partial charge >= 0.3 is 11.9 Å². The third-order valence-electron chi connectivity index (χ3n) is 6.03. The van der Waals surface area contributed by atoms with Crippen LogP contribution >= 0.6 is 11.6 Å². The molecule has 0 saturated heterocycles. The molecule has 8 heteroatoms. The number of carboxylic acids is 1. The van der Waals surface area contributed by atoms with E-state index in [0.717, 1.165) is 22.2 Å². The van der Waals surface area contributed by atoms with Crippen LogP contribution in [0, 0.1) is 0 Å². The number of methoxy groups -OCH3 is 1. The Morgan fingerprint density at radius 2 is 1.87 bits per heavy atom. The summed E-state index contributed by atoms with van der Waals surface area (Å²) in [5.41, 5.74) is 2.30. The van der Waals surface area contributed by atoms with Gasteiger partial charge in [-0.25, -0.2) is 9.59 Å². The number of hydrogen-bond acceptors (Lipinski definition) is 4. The highest BCUT2D eigenvalue weighted by Crippen LogP contribution is 2.45. The number of benzene rings is 2. The first-order valence-corrected chi connectivity index (χ1v) is 10.3. The lowest BCUT2D eigenvalue weighted by Gasteiger charge is -2.48. The second-order valence-electron chi connectivity index (χ2n) is 7.62. The van der Waals surface area contributed by atoms with Crippen LogP contribution in [-0.2, 0) is 26.3 Å². The number of nitrogens with one attached hydrogen (secondary N) is 1. The Labute approximate surface area is 183 Å². The Morgan fingerprint density at radius 3 is 2.48 bits per heavy atom. The molecule has 31 heavy (non-hydrogen) atoms. The molecule has 0 bridgehead atoms. The molecule has 0 saturated carbocycles. The van der Waals surface area contributed by atoms with Gasteiger partial charge in [0.25, 0.3) is 0 Å². The molecule has 0 radical (unpaired) electrons. The van der Waals surface area contributed by atoms with Crippen LogP contribution in [-0.4, -0.2) is 51.9 Å². The van der Waals surface area contributed by atoms with Crippen molar-refractivity contribution < 1.29 is 24.2 Å². The van der Waals surface area contributed by atoms with E-state index in [-0.39, 0.29) is 12.3 Å². The van der Waals surface area contributed by atoms with Crippen molar-refractivity contribution in [2.75, 3.05) is 13.0 Å². The summed E-state index contributed by atoms with van der Waals surface area (Å²) < 4.78 is 4.76. The molecule has 4 rings (SSSR count). The molecule has 1 aliphatic rings. The first-order chi connectivity index (χ1) is 14.8. The molecule has 160 valence electrons. The zero-order chi connectivity index (χ0) is 22.3. The number of carboxylic acid groups (broad SMARTS) is 1. The van der Waals surface area contributed by atoms with Crippen molar-refractivity contribution in [3.8, 4) is 0 Å². The quantitative estimate of drug-likeness (QED) is 0.479. The smallest absolute Gasteiger partial charge is 0.337 e. The summed E-state index contributed by atoms with van der Waals surface area (Å²) in [7, 11) is 1.30. The first kappa shape index (κ1) is 20.9. The molecule has 2 aromatic carbocycles. The van der Waals surface area contributed by atoms with Gasteiger partial charge in [0.05, 0.1) is 12.7 Å². The molecular formula is C23H21ClN2O5. The average Bonchev–Trinajstić information content (AvgIpc) is 3.17. The summed E-state index contributed by atoms with van der Waals surface area (Å²) in [6, 6.07) is 13.2. The fourth-order valence-electron chi connectivity index (χ4n) is 4.56. The fourth-order valence-corrected chi connectivity index (χ4v) is 4.69. The minimum absolute atomic E-state index is 0.160. The summed E-state index contributed by atoms with van der Waals surface area (Å²) in [4.78, 5) is 41.8. The van der Waals surface area contributed by atoms with Crippen LogP contribution in [0.4, 0.5) is 0 Å². The van der Waals surface area contributed by atoms with E-state index in [0.29, 0.717) is 11.1 Å². The molecule has 0 aliphatic carbocycles. The van der Waals surface area contributed by atoms with Gasteiger partial charge in [0.2, 0.25) is 5.91 Å². The molecule has 2 heterocycles. The molecule has 7 nitrogen and oxygen atoms in total. The highest BCUT2D eigenvalue weighted by molar-refractivity contribution is 6.27. The Morgan fingerprint density at radius 1 is 1.19 bits per heavy atom. The van der Waals surface area contributed by atoms with Gasteiger partial charge in [0.1, 0.15) is 17.5 Å². The van der Waals surface area contributed by atoms with Crippen LogP contribution in [0.15, 0.2) is 48.5 Å². The number of halogens is 1. The largest absolute Gasteiger partial charge is 0.480 e. The second-order valence-corrected chi connectivity index (χ2v) is 7.89. The van der Waals surface area contributed by atoms with Crippen molar-refractivity contribution >= 4 is 40.3 Å². The highest BCUT2D eigenvalue weighted by atomic mass is 35.5. The number of carbonyl (C=O) groups is 3. The van der Waals surface area contributed by atoms with Crippen LogP contribution < -0.4 is 0 Å². The maximum atomic E-state index is 13.0. The van der Waals surface area contributed by atoms with E-state index in [4.69, 9.17) is 16.3 Å². The molecule has 0 spiro atoms. The van der Waals surface area contributed by atoms with Crippen LogP contribution in [0.2, 0.25) is 0 Å². The summed E-state index contributed by atoms with van der Waals surface area (Å²) in [5, 5.41) is 10.9. The molecule has 1 amide bonds. The first-order valence-electron chi connectivity index (χ1n) is 9.72. The molecule has 2 atom stereocenters. The number of para-hydroxylation sites is 1. The number of hydrogen-bond donors (Lipinski definition) is 2. The minimum Gasteiger partial charge on any atom is -0.480 e. The topological polar surface area (TPSA) is 99.7 Å². The molecule has 1 aliphatic heterocycles. The van der Waals surface area contributed by atoms with Crippen molar-refractivity contribution in [3.05, 3.63) is 70.9 Å². The number of rotatable bonds is 4. The maximum absolute atomic E-state index is 13.0. The second kappa shape index (κ2) is 7.74. The molecular weight excluding hydrogens is 420 g/mol. The Balaban J connectivity index is 2.00. The van der Waals surface area contributed by atoms with Gasteiger partial charge in [-0.3, -0.25) is 4.79 Å². The van der Waals surface area contributed by atoms with Gasteiger partial charge in [-0.2, -0.15) is 0 Å². The van der Waals surface area contributed by atoms with Crippen molar-refractivity contribution in [3.63, 3.8) is 0 Å². The predicted octanol–water partition coefficient (Wildman–Crippen LogP) is 3.29. The van der Waals surface area contributed by atoms with E-state index in [9.17, 15) is 19.5 Å². The molecule has 1 aromatic heterocycles. The van der Waals surface area contributed by atoms with Crippen LogP contribution in [0.5, 0.6) is 0 Å². The summed E-state index contributed by atoms with van der Waals surface area (Å²) in [5.74, 6) is -2.43. The van der Waals surface area contributed by atoms with Crippen LogP contribution in [0.25, 0.3) is 10.9 Å². The lowest BCUT2D eigenvalue weighted by molar-refractivity contribution is -0.155. The van der Waals surface area contributed by atoms with Gasteiger partial charge < -0.3 is 19.7 Å². The molecule has 2 unspecified atom stereocenters. The number of ether oxygens (including phenoxy) is 1. The third kappa shape index (κ3) is 3.16. The Kier molecular flexibility index (Phi) is 5.23. The average molecular weight is 441 g/mol. The number of fused-ring (bicyclic) bond motifs is 3. The molecule has 3 aromatic rings. The number of aliphatic carboxylic acids is 1. The molecule has 2 N–H and O–H groups in total. The van der Waals surface area contributed by atoms with E-state index in [1.807, 2.05) is 24.3 Å². The van der Waals surface area contributed by atoms with Crippen LogP contribution in [0.1, 0.15) is 34.1 Å². The van der Waals surface area contributed by atoms with Crippen molar-refractivity contribution in [1.82, 2.24) is 9.88 Å². The lowest BCUT2D eigenvalue weighted by atomic mass is 9.77. The lowest BCUT2D eigenvalue weighted by Crippen LogP contribution is -2.60. The Hall–Kier alpha value is -3.32. The van der Waals surface area contributed by atoms with Crippen LogP contribution in [0.3, 0.4) is 0 Å². The SMILES string of the molecule is COC(=O)c1ccc(C2(C)c3[nH]c4ccccc4c3CC(C(=O)O)N2C(=O)CCl)cc1. The molecule has 0 fully saturated rings. The maximum Gasteiger partial charge on any atom is 0.337 e. The zero-order valence-electron chi connectivity index (χ0n) is 17.0. The van der Waals surface area contributed by atoms with Crippen molar-refractivity contribution in [1.29, 1.82) is 0 Å². The van der Waals surface area contributed by atoms with E-state index >= 15 is 0 Å². The fraction of sp³-hybridized carbons (Fsp3) is 0.261. The summed E-state index contributed by atoms with van der Waals surface area (Å²) in [6.45, 7) is 1.80. The van der Waals surface area contributed by atoms with Gasteiger partial charge in [-0.15, -0.1) is 11.6 Å². The standard InChI is InChI=1S/C23H21ClN2O5/c1-23(14-9-7-13(8-10-14)22(30)31-2)20-16(15-5-3-4-6-17(15)25-20)11-18(21(28)29)26(23)19(27)12-24/h3-10,18,25H,11-12H2,1-2H3,(H,28,29). The number of aromatic nitrogens is 1. The van der Waals surface area contributed by atoms with E-state index in [2.05, 4.69) is 4.98 Å². The number of amides is 1. The van der Waals surface area contributed by atoms with Gasteiger partial charge in [0, 0.05) is 23.0 Å². The number of H-pyrrole nitrogens is 1. The third-order valence-corrected chi connectivity index (χ3v) is 6.26. The summed E-state index contributed by atoms with van der Waals surface area (Å²) >= 11 is 5.91. The van der Waals surface area contributed by atoms with E-state index in [1.165, 1.54) is 12.0 Å². The van der Waals surface area contributed by atoms with Gasteiger partial charge in [0.15, 0.2) is 0 Å². The normalized spacial score (nSPS) is 20.4. The van der Waals surface area contributed by atoms with Crippen molar-refractivity contribution in [2.24, 2.45) is 0 Å². The zero-order valence-corrected chi connectivity index (χ0v) is 17.8. The predicted molar refractivity (Wildman–Crippen MR) is 115 cm³/mol. The van der Waals surface area contributed by atoms with E-state index in [1.54, 1.807) is 31.2 Å². The van der Waals surface area contributed by atoms with Crippen molar-refractivity contribution in [2.45, 2.75) is 24.9 Å². The van der Waals surface area contributed by atoms with Gasteiger partial charge in [-0.1, -0.05) is 30.3 Å². The number of carbonyl (C=O) groups excluding carboxylic acids is 2. The monoisotopic (exact) mass is 440 g/mol. The summed E-state index contributed by atoms with van der Waals surface area (Å²) in [6.07, 6.45) is 0.160. The Bertz CT molecular complexity index is 1190. The van der Waals surface area contributed by atoms with E-state index < -0.39 is 29.4 Å². The minimum atomic E-state index is -1.14. The highest BCUT2D eigenvalue weighted by Gasteiger charge is 2.51. The number of esters is 1. The van der Waals surface area contributed by atoms with Gasteiger partial charge in [-0.05, 0) is 36.2 Å².